The maximum absolute atomic E-state index is 13.0. The van der Waals surface area contributed by atoms with Crippen molar-refractivity contribution in [3.8, 4) is 5.75 Å². The van der Waals surface area contributed by atoms with Crippen LogP contribution in [-0.2, 0) is 28.7 Å². The van der Waals surface area contributed by atoms with Crippen LogP contribution < -0.4 is 9.64 Å². The number of hydrogen-bond donors (Lipinski definition) is 0. The van der Waals surface area contributed by atoms with E-state index in [9.17, 15) is 18.0 Å². The molecular weight excluding hydrogens is 493 g/mol. The molecule has 5 nitrogen and oxygen atoms in total. The summed E-state index contributed by atoms with van der Waals surface area (Å²) in [4.78, 5) is 18.7. The number of carbonyl (C=O) groups excluding carboxylic acids is 1. The number of anilines is 1. The van der Waals surface area contributed by atoms with Gasteiger partial charge in [-0.25, -0.2) is 9.78 Å². The fraction of sp³-hybridized carbons (Fsp3) is 0.333. The predicted molar refractivity (Wildman–Crippen MR) is 143 cm³/mol. The van der Waals surface area contributed by atoms with Crippen LogP contribution >= 0.6 is 0 Å². The van der Waals surface area contributed by atoms with Crippen molar-refractivity contribution in [3.05, 3.63) is 95.7 Å². The van der Waals surface area contributed by atoms with Gasteiger partial charge < -0.3 is 14.4 Å². The summed E-state index contributed by atoms with van der Waals surface area (Å²) in [6, 6.07) is 16.5. The van der Waals surface area contributed by atoms with Crippen LogP contribution in [0.25, 0.3) is 5.57 Å². The number of allylic oxidation sites excluding steroid dienone is 1. The van der Waals surface area contributed by atoms with Crippen molar-refractivity contribution in [1.29, 1.82) is 0 Å². The van der Waals surface area contributed by atoms with Crippen molar-refractivity contribution in [3.63, 3.8) is 0 Å². The normalized spacial score (nSPS) is 11.7. The van der Waals surface area contributed by atoms with Gasteiger partial charge in [-0.15, -0.1) is 0 Å². The smallest absolute Gasteiger partial charge is 0.416 e. The minimum atomic E-state index is -4.38. The minimum absolute atomic E-state index is 0.276. The molecule has 202 valence electrons. The van der Waals surface area contributed by atoms with Gasteiger partial charge in [-0.1, -0.05) is 30.8 Å². The van der Waals surface area contributed by atoms with Crippen LogP contribution in [0.15, 0.2) is 73.4 Å². The molecule has 0 unspecified atom stereocenters. The summed E-state index contributed by atoms with van der Waals surface area (Å²) in [7, 11) is 0. The largest absolute Gasteiger partial charge is 0.476 e. The van der Waals surface area contributed by atoms with Gasteiger partial charge in [0, 0.05) is 19.3 Å². The fourth-order valence-corrected chi connectivity index (χ4v) is 3.75. The van der Waals surface area contributed by atoms with Crippen LogP contribution in [0.3, 0.4) is 0 Å². The second-order valence-electron chi connectivity index (χ2n) is 9.53. The van der Waals surface area contributed by atoms with Gasteiger partial charge in [0.05, 0.1) is 12.2 Å². The van der Waals surface area contributed by atoms with E-state index < -0.39 is 23.3 Å². The summed E-state index contributed by atoms with van der Waals surface area (Å²) in [5.74, 6) is 0.824. The Morgan fingerprint density at radius 2 is 1.61 bits per heavy atom. The zero-order valence-corrected chi connectivity index (χ0v) is 22.1. The highest BCUT2D eigenvalue weighted by Gasteiger charge is 2.32. The highest BCUT2D eigenvalue weighted by Crippen LogP contribution is 2.29. The molecule has 0 bridgehead atoms. The number of alkyl halides is 3. The Morgan fingerprint density at radius 3 is 2.13 bits per heavy atom. The number of carbonyl (C=O) groups is 1. The number of hydrogen-bond acceptors (Lipinski definition) is 5. The number of rotatable bonds is 11. The summed E-state index contributed by atoms with van der Waals surface area (Å²) in [5.41, 5.74) is 1.80. The predicted octanol–water partition coefficient (Wildman–Crippen LogP) is 7.10. The number of halogens is 3. The van der Waals surface area contributed by atoms with Crippen molar-refractivity contribution < 1.29 is 27.4 Å². The van der Waals surface area contributed by atoms with Crippen LogP contribution in [0, 0.1) is 0 Å². The number of benzene rings is 2. The van der Waals surface area contributed by atoms with Gasteiger partial charge in [0.2, 0.25) is 0 Å². The van der Waals surface area contributed by atoms with Crippen LogP contribution in [-0.4, -0.2) is 29.7 Å². The van der Waals surface area contributed by atoms with E-state index in [0.717, 1.165) is 34.4 Å². The van der Waals surface area contributed by atoms with Gasteiger partial charge in [0.25, 0.3) is 0 Å². The molecule has 0 aliphatic rings. The van der Waals surface area contributed by atoms with E-state index in [1.807, 2.05) is 36.1 Å². The molecule has 0 radical (unpaired) electrons. The van der Waals surface area contributed by atoms with E-state index in [0.29, 0.717) is 31.1 Å². The van der Waals surface area contributed by atoms with Crippen LogP contribution in [0.4, 0.5) is 19.0 Å². The maximum Gasteiger partial charge on any atom is 0.416 e. The fourth-order valence-electron chi connectivity index (χ4n) is 3.75. The average Bonchev–Trinajstić information content (AvgIpc) is 2.87. The van der Waals surface area contributed by atoms with Crippen LogP contribution in [0.2, 0.25) is 0 Å². The first-order valence-electron chi connectivity index (χ1n) is 12.4. The van der Waals surface area contributed by atoms with Gasteiger partial charge in [-0.3, -0.25) is 0 Å². The molecule has 2 aromatic carbocycles. The lowest BCUT2D eigenvalue weighted by Crippen LogP contribution is -2.39. The Labute approximate surface area is 221 Å². The van der Waals surface area contributed by atoms with Crippen LogP contribution in [0.5, 0.6) is 5.75 Å². The third-order valence-corrected chi connectivity index (χ3v) is 5.95. The van der Waals surface area contributed by atoms with Gasteiger partial charge >= 0.3 is 12.1 Å². The minimum Gasteiger partial charge on any atom is -0.476 e. The Morgan fingerprint density at radius 1 is 0.974 bits per heavy atom. The standard InChI is InChI=1S/C30H33F3N2O3/c1-6-37-28(36)29(4,5)38-26-14-9-22(10-15-26)17-18-35(27-16-11-24(19-34-27)21(2)3)20-23-7-12-25(13-8-23)30(31,32)33/h7-16,19H,2,6,17-18,20H2,1,3-5H3. The number of aromatic nitrogens is 1. The molecule has 1 heterocycles. The lowest BCUT2D eigenvalue weighted by Gasteiger charge is -2.25. The van der Waals surface area contributed by atoms with Crippen molar-refractivity contribution in [2.24, 2.45) is 0 Å². The first-order valence-corrected chi connectivity index (χ1v) is 12.4. The summed E-state index contributed by atoms with van der Waals surface area (Å²) in [6.45, 7) is 12.1. The maximum atomic E-state index is 13.0. The molecule has 0 aliphatic heterocycles. The Kier molecular flexibility index (Phi) is 9.20. The second-order valence-corrected chi connectivity index (χ2v) is 9.53. The molecule has 3 rings (SSSR count). The molecule has 0 spiro atoms. The van der Waals surface area contributed by atoms with E-state index >= 15 is 0 Å². The molecule has 0 saturated carbocycles. The Hall–Kier alpha value is -3.81. The molecule has 0 aliphatic carbocycles. The molecule has 8 heteroatoms. The van der Waals surface area contributed by atoms with Crippen molar-refractivity contribution >= 4 is 17.4 Å². The number of nitrogens with zero attached hydrogens (tertiary/aromatic N) is 2. The van der Waals surface area contributed by atoms with E-state index in [2.05, 4.69) is 11.6 Å². The average molecular weight is 527 g/mol. The monoisotopic (exact) mass is 526 g/mol. The van der Waals surface area contributed by atoms with Crippen molar-refractivity contribution in [1.82, 2.24) is 4.98 Å². The van der Waals surface area contributed by atoms with E-state index in [1.54, 1.807) is 39.1 Å². The van der Waals surface area contributed by atoms with Crippen molar-refractivity contribution in [2.45, 2.75) is 52.4 Å². The number of esters is 1. The molecule has 0 amide bonds. The van der Waals surface area contributed by atoms with E-state index in [1.165, 1.54) is 12.1 Å². The topological polar surface area (TPSA) is 51.7 Å². The first kappa shape index (κ1) is 28.8. The molecule has 3 aromatic rings. The third-order valence-electron chi connectivity index (χ3n) is 5.95. The summed E-state index contributed by atoms with van der Waals surface area (Å²) in [5, 5.41) is 0. The Bertz CT molecular complexity index is 1220. The quantitative estimate of drug-likeness (QED) is 0.249. The number of pyridine rings is 1. The van der Waals surface area contributed by atoms with Crippen molar-refractivity contribution in [2.75, 3.05) is 18.1 Å². The molecule has 0 atom stereocenters. The van der Waals surface area contributed by atoms with E-state index in [4.69, 9.17) is 9.47 Å². The molecule has 0 fully saturated rings. The summed E-state index contributed by atoms with van der Waals surface area (Å²) < 4.78 is 49.9. The van der Waals surface area contributed by atoms with Gasteiger partial charge in [-0.05, 0) is 92.8 Å². The van der Waals surface area contributed by atoms with Gasteiger partial charge in [0.1, 0.15) is 11.6 Å². The summed E-state index contributed by atoms with van der Waals surface area (Å²) in [6.07, 6.45) is -1.97. The van der Waals surface area contributed by atoms with Crippen LogP contribution in [0.1, 0.15) is 49.9 Å². The first-order chi connectivity index (χ1) is 17.9. The van der Waals surface area contributed by atoms with E-state index in [-0.39, 0.29) is 6.61 Å². The third kappa shape index (κ3) is 7.84. The molecule has 0 N–H and O–H groups in total. The molecule has 0 saturated heterocycles. The lowest BCUT2D eigenvalue weighted by atomic mass is 10.1. The SMILES string of the molecule is C=C(C)c1ccc(N(CCc2ccc(OC(C)(C)C(=O)OCC)cc2)Cc2ccc(C(F)(F)F)cc2)nc1. The number of ether oxygens (including phenoxy) is 2. The molecule has 38 heavy (non-hydrogen) atoms. The Balaban J connectivity index is 1.74. The molecule has 1 aromatic heterocycles. The van der Waals surface area contributed by atoms with Gasteiger partial charge in [0.15, 0.2) is 5.60 Å². The lowest BCUT2D eigenvalue weighted by molar-refractivity contribution is -0.158. The zero-order valence-electron chi connectivity index (χ0n) is 22.1. The highest BCUT2D eigenvalue weighted by atomic mass is 19.4. The zero-order chi connectivity index (χ0) is 27.9. The summed E-state index contributed by atoms with van der Waals surface area (Å²) >= 11 is 0. The second kappa shape index (κ2) is 12.2. The van der Waals surface area contributed by atoms with Gasteiger partial charge in [-0.2, -0.15) is 13.2 Å². The highest BCUT2D eigenvalue weighted by molar-refractivity contribution is 5.79. The molecular formula is C30H33F3N2O3.